The largest absolute Gasteiger partial charge is 0.497 e. The first kappa shape index (κ1) is 12.4. The number of nitrogens with one attached hydrogen (secondary N) is 1. The Kier molecular flexibility index (Phi) is 3.67. The van der Waals surface area contributed by atoms with Crippen LogP contribution in [0, 0.1) is 11.2 Å². The van der Waals surface area contributed by atoms with E-state index in [1.54, 1.807) is 19.2 Å². The van der Waals surface area contributed by atoms with Crippen molar-refractivity contribution in [3.8, 4) is 5.75 Å². The lowest BCUT2D eigenvalue weighted by molar-refractivity contribution is 0.156. The van der Waals surface area contributed by atoms with Crippen molar-refractivity contribution in [2.45, 2.75) is 32.7 Å². The van der Waals surface area contributed by atoms with Crippen LogP contribution in [0.4, 0.5) is 4.39 Å². The van der Waals surface area contributed by atoms with Gasteiger partial charge in [0.2, 0.25) is 0 Å². The number of benzene rings is 1. The normalized spacial score (nSPS) is 17.6. The molecule has 1 aromatic carbocycles. The van der Waals surface area contributed by atoms with Gasteiger partial charge in [-0.05, 0) is 24.3 Å². The average Bonchev–Trinajstić information content (AvgIpc) is 2.29. The van der Waals surface area contributed by atoms with Crippen LogP contribution in [-0.4, -0.2) is 13.7 Å². The summed E-state index contributed by atoms with van der Waals surface area (Å²) in [7, 11) is 1.55. The van der Waals surface area contributed by atoms with Crippen LogP contribution < -0.4 is 10.1 Å². The van der Waals surface area contributed by atoms with E-state index < -0.39 is 0 Å². The Labute approximate surface area is 102 Å². The van der Waals surface area contributed by atoms with E-state index in [1.807, 2.05) is 0 Å². The van der Waals surface area contributed by atoms with E-state index in [4.69, 9.17) is 4.74 Å². The molecule has 1 fully saturated rings. The molecular weight excluding hydrogens is 217 g/mol. The van der Waals surface area contributed by atoms with Crippen LogP contribution in [0.3, 0.4) is 0 Å². The topological polar surface area (TPSA) is 21.3 Å². The van der Waals surface area contributed by atoms with Gasteiger partial charge in [-0.15, -0.1) is 0 Å². The molecule has 1 aromatic rings. The Morgan fingerprint density at radius 1 is 1.41 bits per heavy atom. The molecule has 0 amide bonds. The molecule has 0 aliphatic heterocycles. The number of methoxy groups -OCH3 is 1. The molecule has 1 aliphatic rings. The van der Waals surface area contributed by atoms with Crippen molar-refractivity contribution in [3.63, 3.8) is 0 Å². The summed E-state index contributed by atoms with van der Waals surface area (Å²) >= 11 is 0. The Balaban J connectivity index is 1.86. The molecule has 1 aliphatic carbocycles. The lowest BCUT2D eigenvalue weighted by Crippen LogP contribution is -2.37. The van der Waals surface area contributed by atoms with Gasteiger partial charge in [-0.2, -0.15) is 0 Å². The molecule has 17 heavy (non-hydrogen) atoms. The second-order valence-corrected chi connectivity index (χ2v) is 5.23. The molecule has 0 heterocycles. The van der Waals surface area contributed by atoms with Gasteiger partial charge in [-0.3, -0.25) is 0 Å². The highest BCUT2D eigenvalue weighted by molar-refractivity contribution is 5.28. The third-order valence-electron chi connectivity index (χ3n) is 3.69. The highest BCUT2D eigenvalue weighted by Crippen LogP contribution is 2.39. The summed E-state index contributed by atoms with van der Waals surface area (Å²) in [5.41, 5.74) is 1.14. The van der Waals surface area contributed by atoms with Crippen LogP contribution in [0.15, 0.2) is 18.2 Å². The molecule has 0 bridgehead atoms. The predicted molar refractivity (Wildman–Crippen MR) is 66.6 cm³/mol. The van der Waals surface area contributed by atoms with Gasteiger partial charge in [0.25, 0.3) is 0 Å². The Bertz CT molecular complexity index is 388. The molecule has 0 atom stereocenters. The molecule has 1 saturated carbocycles. The van der Waals surface area contributed by atoms with Crippen molar-refractivity contribution in [1.29, 1.82) is 0 Å². The molecule has 1 N–H and O–H groups in total. The number of halogens is 1. The summed E-state index contributed by atoms with van der Waals surface area (Å²) in [5.74, 6) is 0.368. The minimum Gasteiger partial charge on any atom is -0.497 e. The van der Waals surface area contributed by atoms with Crippen LogP contribution in [0.1, 0.15) is 31.7 Å². The van der Waals surface area contributed by atoms with E-state index in [2.05, 4.69) is 12.2 Å². The maximum Gasteiger partial charge on any atom is 0.131 e. The van der Waals surface area contributed by atoms with Gasteiger partial charge in [0, 0.05) is 24.7 Å². The van der Waals surface area contributed by atoms with Crippen molar-refractivity contribution < 1.29 is 9.13 Å². The molecule has 3 heteroatoms. The third-order valence-corrected chi connectivity index (χ3v) is 3.69. The molecule has 0 aromatic heterocycles. The zero-order valence-electron chi connectivity index (χ0n) is 10.6. The highest BCUT2D eigenvalue weighted by atomic mass is 19.1. The quantitative estimate of drug-likeness (QED) is 0.849. The third kappa shape index (κ3) is 2.97. The summed E-state index contributed by atoms with van der Waals surface area (Å²) < 4.78 is 18.6. The summed E-state index contributed by atoms with van der Waals surface area (Å²) in [6.07, 6.45) is 3.89. The average molecular weight is 237 g/mol. The van der Waals surface area contributed by atoms with E-state index >= 15 is 0 Å². The molecule has 0 saturated heterocycles. The number of hydrogen-bond acceptors (Lipinski definition) is 2. The maximum atomic E-state index is 13.6. The number of rotatable bonds is 5. The van der Waals surface area contributed by atoms with Crippen molar-refractivity contribution in [3.05, 3.63) is 29.6 Å². The van der Waals surface area contributed by atoms with Crippen LogP contribution >= 0.6 is 0 Å². The van der Waals surface area contributed by atoms with E-state index in [1.165, 1.54) is 25.3 Å². The minimum atomic E-state index is -0.199. The fraction of sp³-hybridized carbons (Fsp3) is 0.571. The van der Waals surface area contributed by atoms with Crippen molar-refractivity contribution >= 4 is 0 Å². The molecule has 2 nitrogen and oxygen atoms in total. The first-order valence-electron chi connectivity index (χ1n) is 6.16. The molecule has 0 unspecified atom stereocenters. The monoisotopic (exact) mass is 237 g/mol. The second-order valence-electron chi connectivity index (χ2n) is 5.23. The molecule has 2 rings (SSSR count). The SMILES string of the molecule is COc1ccc(CNCC2(C)CCC2)c(F)c1. The van der Waals surface area contributed by atoms with Crippen molar-refractivity contribution in [2.24, 2.45) is 5.41 Å². The second kappa shape index (κ2) is 5.05. The fourth-order valence-corrected chi connectivity index (χ4v) is 2.25. The smallest absolute Gasteiger partial charge is 0.131 e. The molecule has 94 valence electrons. The highest BCUT2D eigenvalue weighted by Gasteiger charge is 2.30. The van der Waals surface area contributed by atoms with E-state index in [0.717, 1.165) is 6.54 Å². The summed E-state index contributed by atoms with van der Waals surface area (Å²) in [5, 5.41) is 3.34. The van der Waals surface area contributed by atoms with Gasteiger partial charge in [0.15, 0.2) is 0 Å². The van der Waals surface area contributed by atoms with E-state index in [9.17, 15) is 4.39 Å². The van der Waals surface area contributed by atoms with E-state index in [-0.39, 0.29) is 5.82 Å². The lowest BCUT2D eigenvalue weighted by Gasteiger charge is -2.38. The summed E-state index contributed by atoms with van der Waals surface area (Å²) in [4.78, 5) is 0. The first-order valence-corrected chi connectivity index (χ1v) is 6.16. The Morgan fingerprint density at radius 3 is 2.71 bits per heavy atom. The number of ether oxygens (including phenoxy) is 1. The van der Waals surface area contributed by atoms with Crippen molar-refractivity contribution in [1.82, 2.24) is 5.32 Å². The van der Waals surface area contributed by atoms with Gasteiger partial charge in [-0.25, -0.2) is 4.39 Å². The van der Waals surface area contributed by atoms with Crippen LogP contribution in [0.2, 0.25) is 0 Å². The Hall–Kier alpha value is -1.09. The summed E-state index contributed by atoms with van der Waals surface area (Å²) in [6, 6.07) is 5.01. The zero-order chi connectivity index (χ0) is 12.3. The summed E-state index contributed by atoms with van der Waals surface area (Å²) in [6.45, 7) is 3.85. The van der Waals surface area contributed by atoms with E-state index in [0.29, 0.717) is 23.3 Å². The standard InChI is InChI=1S/C14H20FNO/c1-14(6-3-7-14)10-16-9-11-4-5-12(17-2)8-13(11)15/h4-5,8,16H,3,6-7,9-10H2,1-2H3. The minimum absolute atomic E-state index is 0.199. The van der Waals surface area contributed by atoms with Gasteiger partial charge in [0.1, 0.15) is 11.6 Å². The van der Waals surface area contributed by atoms with Gasteiger partial charge in [0.05, 0.1) is 7.11 Å². The van der Waals surface area contributed by atoms with Gasteiger partial charge in [-0.1, -0.05) is 19.4 Å². The van der Waals surface area contributed by atoms with Gasteiger partial charge >= 0.3 is 0 Å². The fourth-order valence-electron chi connectivity index (χ4n) is 2.25. The molecule has 0 radical (unpaired) electrons. The predicted octanol–water partition coefficient (Wildman–Crippen LogP) is 3.11. The zero-order valence-corrected chi connectivity index (χ0v) is 10.6. The maximum absolute atomic E-state index is 13.6. The Morgan fingerprint density at radius 2 is 2.18 bits per heavy atom. The van der Waals surface area contributed by atoms with Crippen molar-refractivity contribution in [2.75, 3.05) is 13.7 Å². The van der Waals surface area contributed by atoms with Crippen LogP contribution in [-0.2, 0) is 6.54 Å². The first-order chi connectivity index (χ1) is 8.13. The van der Waals surface area contributed by atoms with Crippen LogP contribution in [0.5, 0.6) is 5.75 Å². The molecule has 0 spiro atoms. The number of hydrogen-bond donors (Lipinski definition) is 1. The molecular formula is C14H20FNO. The lowest BCUT2D eigenvalue weighted by atomic mass is 9.70. The van der Waals surface area contributed by atoms with Gasteiger partial charge < -0.3 is 10.1 Å². The van der Waals surface area contributed by atoms with Crippen LogP contribution in [0.25, 0.3) is 0 Å².